The summed E-state index contributed by atoms with van der Waals surface area (Å²) < 4.78 is 0. The first-order chi connectivity index (χ1) is 10.3. The topological polar surface area (TPSA) is 110 Å². The van der Waals surface area contributed by atoms with E-state index < -0.39 is 22.2 Å². The Bertz CT molecular complexity index is 594. The van der Waals surface area contributed by atoms with Gasteiger partial charge < -0.3 is 10.4 Å². The third-order valence-electron chi connectivity index (χ3n) is 4.07. The minimum absolute atomic E-state index is 0.0287. The number of carboxylic acids is 1. The molecule has 0 saturated heterocycles. The quantitative estimate of drug-likeness (QED) is 0.594. The standard InChI is InChI=1S/C15H20N2O5/c1-4-15(5-2,14(19)20)9-16-13(18)12-10(3)7-6-8-11(12)17(21)22/h6-8H,4-5,9H2,1-3H3,(H,16,18)(H,19,20). The summed E-state index contributed by atoms with van der Waals surface area (Å²) in [5.74, 6) is -1.62. The number of benzene rings is 1. The zero-order valence-electron chi connectivity index (χ0n) is 12.9. The van der Waals surface area contributed by atoms with Gasteiger partial charge in [0.2, 0.25) is 0 Å². The summed E-state index contributed by atoms with van der Waals surface area (Å²) in [6, 6.07) is 4.36. The first kappa shape index (κ1) is 17.6. The molecular formula is C15H20N2O5. The Balaban J connectivity index is 3.05. The molecule has 0 fully saturated rings. The number of hydrogen-bond donors (Lipinski definition) is 2. The first-order valence-corrected chi connectivity index (χ1v) is 7.04. The van der Waals surface area contributed by atoms with Crippen molar-refractivity contribution in [2.75, 3.05) is 6.54 Å². The molecule has 0 aromatic heterocycles. The highest BCUT2D eigenvalue weighted by Gasteiger charge is 2.35. The molecule has 120 valence electrons. The highest BCUT2D eigenvalue weighted by Crippen LogP contribution is 2.27. The van der Waals surface area contributed by atoms with E-state index in [2.05, 4.69) is 5.32 Å². The molecule has 0 bridgehead atoms. The molecule has 7 nitrogen and oxygen atoms in total. The molecule has 1 amide bonds. The van der Waals surface area contributed by atoms with E-state index in [0.717, 1.165) is 0 Å². The number of nitro groups is 1. The molecule has 0 saturated carbocycles. The molecule has 1 aromatic rings. The third kappa shape index (κ3) is 3.41. The molecule has 0 spiro atoms. The Labute approximate surface area is 128 Å². The van der Waals surface area contributed by atoms with Crippen molar-refractivity contribution < 1.29 is 19.6 Å². The number of nitro benzene ring substituents is 1. The number of carbonyl (C=O) groups is 2. The van der Waals surface area contributed by atoms with Crippen LogP contribution in [0.4, 0.5) is 5.69 Å². The summed E-state index contributed by atoms with van der Waals surface area (Å²) >= 11 is 0. The number of amides is 1. The Morgan fingerprint density at radius 1 is 1.32 bits per heavy atom. The number of carboxylic acid groups (broad SMARTS) is 1. The minimum atomic E-state index is -1.06. The van der Waals surface area contributed by atoms with Crippen LogP contribution in [0.2, 0.25) is 0 Å². The van der Waals surface area contributed by atoms with Crippen LogP contribution in [0.1, 0.15) is 42.6 Å². The van der Waals surface area contributed by atoms with Gasteiger partial charge in [-0.25, -0.2) is 0 Å². The van der Waals surface area contributed by atoms with Crippen molar-refractivity contribution in [2.24, 2.45) is 5.41 Å². The predicted molar refractivity (Wildman–Crippen MR) is 80.8 cm³/mol. The van der Waals surface area contributed by atoms with Crippen LogP contribution in [0.3, 0.4) is 0 Å². The van der Waals surface area contributed by atoms with Crippen molar-refractivity contribution >= 4 is 17.6 Å². The second-order valence-electron chi connectivity index (χ2n) is 5.20. The van der Waals surface area contributed by atoms with E-state index in [9.17, 15) is 24.8 Å². The summed E-state index contributed by atoms with van der Waals surface area (Å²) in [6.45, 7) is 5.01. The van der Waals surface area contributed by atoms with Crippen LogP contribution in [0, 0.1) is 22.5 Å². The van der Waals surface area contributed by atoms with E-state index in [1.54, 1.807) is 26.8 Å². The fourth-order valence-electron chi connectivity index (χ4n) is 2.32. The van der Waals surface area contributed by atoms with E-state index in [0.29, 0.717) is 18.4 Å². The normalized spacial score (nSPS) is 11.0. The summed E-state index contributed by atoms with van der Waals surface area (Å²) in [6.07, 6.45) is 0.712. The van der Waals surface area contributed by atoms with E-state index in [1.807, 2.05) is 0 Å². The second-order valence-corrected chi connectivity index (χ2v) is 5.20. The highest BCUT2D eigenvalue weighted by atomic mass is 16.6. The van der Waals surface area contributed by atoms with E-state index in [-0.39, 0.29) is 17.8 Å². The lowest BCUT2D eigenvalue weighted by Gasteiger charge is -2.26. The van der Waals surface area contributed by atoms with Gasteiger partial charge in [0.1, 0.15) is 5.56 Å². The molecule has 2 N–H and O–H groups in total. The third-order valence-corrected chi connectivity index (χ3v) is 4.07. The molecule has 1 aromatic carbocycles. The van der Waals surface area contributed by atoms with Crippen molar-refractivity contribution in [3.8, 4) is 0 Å². The van der Waals surface area contributed by atoms with Gasteiger partial charge in [0, 0.05) is 12.6 Å². The van der Waals surface area contributed by atoms with Crippen LogP contribution in [-0.4, -0.2) is 28.5 Å². The molecule has 22 heavy (non-hydrogen) atoms. The molecule has 0 aliphatic rings. The van der Waals surface area contributed by atoms with Crippen LogP contribution in [-0.2, 0) is 4.79 Å². The Morgan fingerprint density at radius 3 is 2.36 bits per heavy atom. The fraction of sp³-hybridized carbons (Fsp3) is 0.467. The van der Waals surface area contributed by atoms with Crippen LogP contribution in [0.15, 0.2) is 18.2 Å². The lowest BCUT2D eigenvalue weighted by Crippen LogP contribution is -2.42. The molecule has 0 unspecified atom stereocenters. The monoisotopic (exact) mass is 308 g/mol. The van der Waals surface area contributed by atoms with E-state index in [1.165, 1.54) is 12.1 Å². The number of aryl methyl sites for hydroxylation is 1. The van der Waals surface area contributed by atoms with Crippen molar-refractivity contribution in [1.82, 2.24) is 5.32 Å². The molecule has 0 heterocycles. The van der Waals surface area contributed by atoms with Crippen molar-refractivity contribution in [3.05, 3.63) is 39.4 Å². The van der Waals surface area contributed by atoms with Gasteiger partial charge in [-0.2, -0.15) is 0 Å². The van der Waals surface area contributed by atoms with Gasteiger partial charge in [-0.3, -0.25) is 19.7 Å². The zero-order valence-corrected chi connectivity index (χ0v) is 12.9. The first-order valence-electron chi connectivity index (χ1n) is 7.04. The van der Waals surface area contributed by atoms with Gasteiger partial charge in [-0.05, 0) is 25.3 Å². The second kappa shape index (κ2) is 7.02. The van der Waals surface area contributed by atoms with Gasteiger partial charge in [-0.1, -0.05) is 26.0 Å². The summed E-state index contributed by atoms with van der Waals surface area (Å²) in [4.78, 5) is 34.1. The van der Waals surface area contributed by atoms with Gasteiger partial charge >= 0.3 is 5.97 Å². The number of carbonyl (C=O) groups excluding carboxylic acids is 1. The largest absolute Gasteiger partial charge is 0.481 e. The van der Waals surface area contributed by atoms with Gasteiger partial charge in [0.25, 0.3) is 11.6 Å². The van der Waals surface area contributed by atoms with E-state index >= 15 is 0 Å². The SMILES string of the molecule is CCC(CC)(CNC(=O)c1c(C)cccc1[N+](=O)[O-])C(=O)O. The smallest absolute Gasteiger partial charge is 0.311 e. The number of nitrogens with zero attached hydrogens (tertiary/aromatic N) is 1. The summed E-state index contributed by atoms with van der Waals surface area (Å²) in [7, 11) is 0. The maximum Gasteiger partial charge on any atom is 0.311 e. The van der Waals surface area contributed by atoms with Crippen molar-refractivity contribution in [2.45, 2.75) is 33.6 Å². The molecule has 1 rings (SSSR count). The number of aliphatic carboxylic acids is 1. The lowest BCUT2D eigenvalue weighted by atomic mass is 9.82. The average molecular weight is 308 g/mol. The number of nitrogens with one attached hydrogen (secondary N) is 1. The predicted octanol–water partition coefficient (Wildman–Crippen LogP) is 2.52. The van der Waals surface area contributed by atoms with Gasteiger partial charge in [0.15, 0.2) is 0 Å². The number of hydrogen-bond acceptors (Lipinski definition) is 4. The molecule has 0 radical (unpaired) electrons. The van der Waals surface area contributed by atoms with Crippen molar-refractivity contribution in [1.29, 1.82) is 0 Å². The average Bonchev–Trinajstić information content (AvgIpc) is 2.47. The van der Waals surface area contributed by atoms with Gasteiger partial charge in [0.05, 0.1) is 10.3 Å². The Morgan fingerprint density at radius 2 is 1.91 bits per heavy atom. The maximum absolute atomic E-state index is 12.3. The number of rotatable bonds is 7. The summed E-state index contributed by atoms with van der Waals surface area (Å²) in [5.41, 5.74) is -0.904. The molecule has 0 atom stereocenters. The van der Waals surface area contributed by atoms with Crippen LogP contribution in [0.25, 0.3) is 0 Å². The van der Waals surface area contributed by atoms with Crippen LogP contribution < -0.4 is 5.32 Å². The Hall–Kier alpha value is -2.44. The zero-order chi connectivity index (χ0) is 16.9. The molecular weight excluding hydrogens is 288 g/mol. The lowest BCUT2D eigenvalue weighted by molar-refractivity contribution is -0.385. The summed E-state index contributed by atoms with van der Waals surface area (Å²) in [5, 5.41) is 22.9. The molecule has 7 heteroatoms. The van der Waals surface area contributed by atoms with Crippen LogP contribution in [0.5, 0.6) is 0 Å². The van der Waals surface area contributed by atoms with Crippen LogP contribution >= 0.6 is 0 Å². The molecule has 0 aliphatic heterocycles. The highest BCUT2D eigenvalue weighted by molar-refractivity contribution is 5.99. The van der Waals surface area contributed by atoms with Crippen molar-refractivity contribution in [3.63, 3.8) is 0 Å². The molecule has 0 aliphatic carbocycles. The Kier molecular flexibility index (Phi) is 5.62. The fourth-order valence-corrected chi connectivity index (χ4v) is 2.32. The minimum Gasteiger partial charge on any atom is -0.481 e. The van der Waals surface area contributed by atoms with E-state index in [4.69, 9.17) is 0 Å². The van der Waals surface area contributed by atoms with Gasteiger partial charge in [-0.15, -0.1) is 0 Å². The maximum atomic E-state index is 12.3.